The van der Waals surface area contributed by atoms with Crippen LogP contribution in [0.2, 0.25) is 5.28 Å². The molecule has 0 N–H and O–H groups in total. The summed E-state index contributed by atoms with van der Waals surface area (Å²) in [5.41, 5.74) is 16.6. The van der Waals surface area contributed by atoms with Gasteiger partial charge in [-0.25, -0.2) is 39.9 Å². The first-order valence-electron chi connectivity index (χ1n) is 35.1. The molecule has 106 heavy (non-hydrogen) atoms. The molecule has 16 nitrogen and oxygen atoms in total. The van der Waals surface area contributed by atoms with Crippen LogP contribution in [-0.2, 0) is 9.31 Å². The van der Waals surface area contributed by atoms with Crippen LogP contribution in [0.1, 0.15) is 27.7 Å². The molecule has 20 aromatic rings. The molecule has 1 fully saturated rings. The standard InChI is InChI=1S/C41H25N7.C32H27BN4O2.C15H10ClN3/c1-3-13-26(14-4-1)37-44-38(27-15-5-2-6-16-27)46-39(45-37)28-23-24-35-31(25-28)29-17-8-11-21-34(29)47(35)41-43-32-19-9-7-18-30(32)40-42-33-20-10-12-22-36(33)48(40)41;1-31(2)32(3,4)39-33(38-31)20-17-18-27-23(19-20)21-11-6-9-15-26(21)36(27)30-35-24-13-7-5-12-22(24)29-34-25-14-8-10-16-28(25)37(29)30;16-15-18-13(11-7-3-1-4-8-11)17-14(19-15)12-9-5-2-6-10-12/h1-25H;5-19H,1-4H3;1-10H. The summed E-state index contributed by atoms with van der Waals surface area (Å²) in [6.45, 7) is 8.35. The number of para-hydroxylation sites is 8. The van der Waals surface area contributed by atoms with Crippen LogP contribution in [-0.4, -0.2) is 86.1 Å². The zero-order valence-electron chi connectivity index (χ0n) is 57.9. The summed E-state index contributed by atoms with van der Waals surface area (Å²) in [6.07, 6.45) is 0. The highest BCUT2D eigenvalue weighted by Gasteiger charge is 2.52. The highest BCUT2D eigenvalue weighted by molar-refractivity contribution is 6.62. The SMILES string of the molecule is CC1(C)OB(c2ccc3c(c2)c2ccccc2n3-c2nc3ccccc3c3nc4ccccc4n23)OC1(C)C.Clc1nc(-c2ccccc2)nc(-c2ccccc2)n1.c1ccc(-c2nc(-c3ccccc3)nc(-c3ccc4c(c3)c3ccccc3n4-c3nc4ccccc4c4nc5ccccc5n34)n2)cc1. The van der Waals surface area contributed by atoms with Crippen LogP contribution in [0.5, 0.6) is 0 Å². The van der Waals surface area contributed by atoms with Gasteiger partial charge in [0.2, 0.25) is 17.2 Å². The van der Waals surface area contributed by atoms with Crippen LogP contribution in [0.15, 0.2) is 303 Å². The Balaban J connectivity index is 0.000000118. The number of fused-ring (bicyclic) bond motifs is 16. The molecule has 1 saturated heterocycles. The third-order valence-electron chi connectivity index (χ3n) is 20.2. The lowest BCUT2D eigenvalue weighted by Gasteiger charge is -2.32. The molecule has 1 aliphatic heterocycles. The van der Waals surface area contributed by atoms with Crippen LogP contribution in [0, 0.1) is 0 Å². The lowest BCUT2D eigenvalue weighted by atomic mass is 9.78. The zero-order valence-corrected chi connectivity index (χ0v) is 58.7. The monoisotopic (exact) mass is 1390 g/mol. The first kappa shape index (κ1) is 63.7. The molecule has 18 heteroatoms. The second-order valence-electron chi connectivity index (χ2n) is 27.2. The van der Waals surface area contributed by atoms with E-state index in [1.807, 2.05) is 158 Å². The molecule has 12 aromatic carbocycles. The molecular formula is C88H62BClN14O2. The molecule has 0 atom stereocenters. The number of nitrogens with zero attached hydrogens (tertiary/aromatic N) is 14. The molecule has 0 radical (unpaired) electrons. The van der Waals surface area contributed by atoms with Crippen molar-refractivity contribution in [3.63, 3.8) is 0 Å². The largest absolute Gasteiger partial charge is 0.494 e. The Hall–Kier alpha value is -13.2. The van der Waals surface area contributed by atoms with E-state index in [9.17, 15) is 0 Å². The molecule has 0 saturated carbocycles. The van der Waals surface area contributed by atoms with Crippen LogP contribution in [0.3, 0.4) is 0 Å². The third-order valence-corrected chi connectivity index (χ3v) is 20.3. The van der Waals surface area contributed by atoms with Gasteiger partial charge in [0.15, 0.2) is 29.1 Å². The maximum atomic E-state index is 6.39. The molecule has 0 bridgehead atoms. The number of rotatable bonds is 8. The molecule has 0 aliphatic carbocycles. The zero-order chi connectivity index (χ0) is 71.2. The van der Waals surface area contributed by atoms with Gasteiger partial charge in [0, 0.05) is 60.1 Å². The van der Waals surface area contributed by atoms with E-state index in [4.69, 9.17) is 55.8 Å². The summed E-state index contributed by atoms with van der Waals surface area (Å²) in [7, 11) is -0.426. The quantitative estimate of drug-likeness (QED) is 0.132. The summed E-state index contributed by atoms with van der Waals surface area (Å²) >= 11 is 5.99. The first-order valence-corrected chi connectivity index (χ1v) is 35.5. The summed E-state index contributed by atoms with van der Waals surface area (Å²) in [5.74, 6) is 4.65. The lowest BCUT2D eigenvalue weighted by molar-refractivity contribution is 0.00578. The Morgan fingerprint density at radius 1 is 0.274 bits per heavy atom. The fourth-order valence-corrected chi connectivity index (χ4v) is 14.5. The van der Waals surface area contributed by atoms with Gasteiger partial charge in [0.1, 0.15) is 11.3 Å². The van der Waals surface area contributed by atoms with Gasteiger partial charge in [-0.2, -0.15) is 9.97 Å². The maximum Gasteiger partial charge on any atom is 0.494 e. The van der Waals surface area contributed by atoms with Crippen molar-refractivity contribution in [1.82, 2.24) is 67.8 Å². The number of imidazole rings is 2. The lowest BCUT2D eigenvalue weighted by Crippen LogP contribution is -2.41. The Labute approximate surface area is 612 Å². The van der Waals surface area contributed by atoms with Gasteiger partial charge in [0.25, 0.3) is 0 Å². The van der Waals surface area contributed by atoms with Crippen LogP contribution in [0.4, 0.5) is 0 Å². The second kappa shape index (κ2) is 25.7. The smallest absolute Gasteiger partial charge is 0.399 e. The van der Waals surface area contributed by atoms with Crippen molar-refractivity contribution in [2.24, 2.45) is 0 Å². The molecular weight excluding hydrogens is 1330 g/mol. The number of halogens is 1. The Morgan fingerprint density at radius 3 is 1.02 bits per heavy atom. The van der Waals surface area contributed by atoms with Crippen molar-refractivity contribution in [2.45, 2.75) is 38.9 Å². The van der Waals surface area contributed by atoms with E-state index in [-0.39, 0.29) is 5.28 Å². The Bertz CT molecular complexity index is 6700. The van der Waals surface area contributed by atoms with Crippen molar-refractivity contribution < 1.29 is 9.31 Å². The molecule has 0 amide bonds. The van der Waals surface area contributed by atoms with E-state index >= 15 is 0 Å². The van der Waals surface area contributed by atoms with Crippen LogP contribution >= 0.6 is 11.6 Å². The third kappa shape index (κ3) is 11.0. The van der Waals surface area contributed by atoms with Crippen LogP contribution < -0.4 is 5.46 Å². The van der Waals surface area contributed by atoms with E-state index in [0.717, 1.165) is 144 Å². The molecule has 9 heterocycles. The normalized spacial score (nSPS) is 13.4. The van der Waals surface area contributed by atoms with E-state index in [2.05, 4.69) is 206 Å². The summed E-state index contributed by atoms with van der Waals surface area (Å²) in [5, 5.41) is 6.72. The molecule has 21 rings (SSSR count). The summed E-state index contributed by atoms with van der Waals surface area (Å²) in [6, 6.07) is 102. The van der Waals surface area contributed by atoms with Gasteiger partial charge < -0.3 is 9.31 Å². The van der Waals surface area contributed by atoms with E-state index in [1.165, 1.54) is 0 Å². The molecule has 506 valence electrons. The minimum atomic E-state index is -0.426. The van der Waals surface area contributed by atoms with E-state index in [1.54, 1.807) is 0 Å². The minimum absolute atomic E-state index is 0.202. The predicted octanol–water partition coefficient (Wildman–Crippen LogP) is 19.6. The van der Waals surface area contributed by atoms with Crippen molar-refractivity contribution in [3.05, 3.63) is 309 Å². The average Bonchev–Trinajstić information content (AvgIpc) is 1.55. The number of hydrogen-bond donors (Lipinski definition) is 0. The van der Waals surface area contributed by atoms with Gasteiger partial charge in [-0.1, -0.05) is 218 Å². The molecule has 0 unspecified atom stereocenters. The highest BCUT2D eigenvalue weighted by Crippen LogP contribution is 2.41. The van der Waals surface area contributed by atoms with Gasteiger partial charge in [0.05, 0.1) is 66.4 Å². The van der Waals surface area contributed by atoms with E-state index in [0.29, 0.717) is 29.1 Å². The molecule has 0 spiro atoms. The summed E-state index contributed by atoms with van der Waals surface area (Å²) in [4.78, 5) is 48.4. The Morgan fingerprint density at radius 2 is 0.594 bits per heavy atom. The van der Waals surface area contributed by atoms with Crippen LogP contribution in [0.25, 0.3) is 168 Å². The highest BCUT2D eigenvalue weighted by atomic mass is 35.5. The Kier molecular flexibility index (Phi) is 15.4. The second-order valence-corrected chi connectivity index (χ2v) is 27.5. The van der Waals surface area contributed by atoms with Gasteiger partial charge in [-0.3, -0.25) is 17.9 Å². The minimum Gasteiger partial charge on any atom is -0.399 e. The average molecular weight is 1390 g/mol. The van der Waals surface area contributed by atoms with Gasteiger partial charge in [-0.15, -0.1) is 0 Å². The number of hydrogen-bond acceptors (Lipinski definition) is 12. The fourth-order valence-electron chi connectivity index (χ4n) is 14.3. The topological polar surface area (TPSA) is 166 Å². The maximum absolute atomic E-state index is 6.39. The van der Waals surface area contributed by atoms with Crippen molar-refractivity contribution in [2.75, 3.05) is 0 Å². The predicted molar refractivity (Wildman–Crippen MR) is 426 cm³/mol. The van der Waals surface area contributed by atoms with E-state index < -0.39 is 18.3 Å². The number of aromatic nitrogens is 14. The van der Waals surface area contributed by atoms with Crippen molar-refractivity contribution in [3.8, 4) is 68.8 Å². The first-order chi connectivity index (χ1) is 51.9. The van der Waals surface area contributed by atoms with Gasteiger partial charge in [-0.05, 0) is 130 Å². The van der Waals surface area contributed by atoms with Gasteiger partial charge >= 0.3 is 7.12 Å². The fraction of sp³-hybridized carbons (Fsp3) is 0.0682. The number of benzene rings is 12. The van der Waals surface area contributed by atoms with Crippen molar-refractivity contribution >= 4 is 123 Å². The molecule has 8 aromatic heterocycles. The molecule has 1 aliphatic rings. The summed E-state index contributed by atoms with van der Waals surface area (Å²) < 4.78 is 21.7. The van der Waals surface area contributed by atoms with Crippen molar-refractivity contribution in [1.29, 1.82) is 0 Å².